The molecule has 2 nitrogen and oxygen atoms in total. The van der Waals surface area contributed by atoms with Gasteiger partial charge in [-0.25, -0.2) is 0 Å². The Morgan fingerprint density at radius 3 is 2.86 bits per heavy atom. The van der Waals surface area contributed by atoms with Gasteiger partial charge in [-0.3, -0.25) is 0 Å². The Bertz CT molecular complexity index is 608. The third kappa shape index (κ3) is 3.11. The van der Waals surface area contributed by atoms with Crippen LogP contribution in [0.1, 0.15) is 34.9 Å². The van der Waals surface area contributed by atoms with Crippen LogP contribution in [0.4, 0.5) is 0 Å². The van der Waals surface area contributed by atoms with E-state index in [-0.39, 0.29) is 0 Å². The van der Waals surface area contributed by atoms with Gasteiger partial charge >= 0.3 is 0 Å². The average Bonchev–Trinajstić information content (AvgIpc) is 2.90. The van der Waals surface area contributed by atoms with Gasteiger partial charge in [-0.1, -0.05) is 48.0 Å². The summed E-state index contributed by atoms with van der Waals surface area (Å²) in [5.41, 5.74) is 4.12. The second-order valence-electron chi connectivity index (χ2n) is 5.95. The first kappa shape index (κ1) is 14.2. The maximum atomic E-state index is 5.83. The number of hydrogen-bond donors (Lipinski definition) is 1. The van der Waals surface area contributed by atoms with Crippen LogP contribution >= 0.6 is 0 Å². The fourth-order valence-corrected chi connectivity index (χ4v) is 3.28. The van der Waals surface area contributed by atoms with Crippen molar-refractivity contribution in [1.82, 2.24) is 5.32 Å². The molecule has 21 heavy (non-hydrogen) atoms. The number of fused-ring (bicyclic) bond motifs is 1. The van der Waals surface area contributed by atoms with E-state index in [1.165, 1.54) is 16.7 Å². The molecule has 110 valence electrons. The summed E-state index contributed by atoms with van der Waals surface area (Å²) >= 11 is 0. The van der Waals surface area contributed by atoms with Crippen molar-refractivity contribution in [3.63, 3.8) is 0 Å². The first-order chi connectivity index (χ1) is 10.3. The number of ether oxygens (including phenoxy) is 1. The summed E-state index contributed by atoms with van der Waals surface area (Å²) in [4.78, 5) is 0. The molecule has 0 saturated heterocycles. The highest BCUT2D eigenvalue weighted by Gasteiger charge is 2.27. The highest BCUT2D eigenvalue weighted by Crippen LogP contribution is 2.39. The summed E-state index contributed by atoms with van der Waals surface area (Å²) in [7, 11) is 2.03. The van der Waals surface area contributed by atoms with Gasteiger partial charge in [0.05, 0.1) is 6.61 Å². The maximum absolute atomic E-state index is 5.83. The van der Waals surface area contributed by atoms with Crippen molar-refractivity contribution in [2.24, 2.45) is 0 Å². The lowest BCUT2D eigenvalue weighted by Gasteiger charge is -2.21. The van der Waals surface area contributed by atoms with Crippen LogP contribution in [-0.4, -0.2) is 20.2 Å². The average molecular weight is 281 g/mol. The lowest BCUT2D eigenvalue weighted by atomic mass is 9.85. The van der Waals surface area contributed by atoms with E-state index in [9.17, 15) is 0 Å². The number of rotatable bonds is 5. The number of nitrogens with one attached hydrogen (secondary N) is 1. The van der Waals surface area contributed by atoms with Crippen LogP contribution in [0.5, 0.6) is 5.75 Å². The molecule has 0 radical (unpaired) electrons. The smallest absolute Gasteiger partial charge is 0.122 e. The fraction of sp³-hybridized carbons (Fsp3) is 0.368. The molecule has 0 spiro atoms. The summed E-state index contributed by atoms with van der Waals surface area (Å²) in [6.07, 6.45) is 1.13. The van der Waals surface area contributed by atoms with Crippen molar-refractivity contribution in [3.8, 4) is 5.75 Å². The Labute approximate surface area is 127 Å². The van der Waals surface area contributed by atoms with Crippen molar-refractivity contribution >= 4 is 0 Å². The molecule has 2 unspecified atom stereocenters. The number of hydrogen-bond acceptors (Lipinski definition) is 2. The number of benzene rings is 2. The molecule has 3 rings (SSSR count). The first-order valence-electron chi connectivity index (χ1n) is 7.71. The highest BCUT2D eigenvalue weighted by atomic mass is 16.5. The summed E-state index contributed by atoms with van der Waals surface area (Å²) in [6, 6.07) is 17.3. The van der Waals surface area contributed by atoms with Crippen molar-refractivity contribution in [2.45, 2.75) is 25.2 Å². The van der Waals surface area contributed by atoms with Crippen LogP contribution in [0.15, 0.2) is 48.5 Å². The molecular formula is C19H23NO. The van der Waals surface area contributed by atoms with Gasteiger partial charge in [0.15, 0.2) is 0 Å². The third-order valence-electron chi connectivity index (χ3n) is 4.33. The predicted molar refractivity (Wildman–Crippen MR) is 87.1 cm³/mol. The number of likely N-dealkylation sites (N-methyl/N-ethyl adjacent to an activating group) is 1. The van der Waals surface area contributed by atoms with Crippen LogP contribution < -0.4 is 10.1 Å². The van der Waals surface area contributed by atoms with Crippen molar-refractivity contribution in [2.75, 3.05) is 20.2 Å². The molecule has 0 bridgehead atoms. The molecule has 2 aromatic carbocycles. The molecule has 0 amide bonds. The van der Waals surface area contributed by atoms with Gasteiger partial charge in [0, 0.05) is 18.0 Å². The van der Waals surface area contributed by atoms with Gasteiger partial charge in [-0.15, -0.1) is 0 Å². The van der Waals surface area contributed by atoms with Gasteiger partial charge in [0.2, 0.25) is 0 Å². The van der Waals surface area contributed by atoms with Gasteiger partial charge in [0.25, 0.3) is 0 Å². The normalized spacial score (nSPS) is 18.1. The zero-order valence-corrected chi connectivity index (χ0v) is 12.8. The van der Waals surface area contributed by atoms with Crippen LogP contribution in [0, 0.1) is 6.92 Å². The van der Waals surface area contributed by atoms with E-state index in [4.69, 9.17) is 4.74 Å². The van der Waals surface area contributed by atoms with Crippen LogP contribution in [0.25, 0.3) is 0 Å². The Morgan fingerprint density at radius 2 is 2.05 bits per heavy atom. The maximum Gasteiger partial charge on any atom is 0.122 e. The monoisotopic (exact) mass is 281 g/mol. The molecule has 0 aliphatic carbocycles. The number of aryl methyl sites for hydroxylation is 1. The summed E-state index contributed by atoms with van der Waals surface area (Å²) in [5.74, 6) is 2.09. The second kappa shape index (κ2) is 6.31. The van der Waals surface area contributed by atoms with E-state index in [2.05, 4.69) is 54.7 Å². The summed E-state index contributed by atoms with van der Waals surface area (Å²) in [5, 5.41) is 3.34. The minimum Gasteiger partial charge on any atom is -0.493 e. The fourth-order valence-electron chi connectivity index (χ4n) is 3.28. The Hall–Kier alpha value is -1.80. The highest BCUT2D eigenvalue weighted by molar-refractivity contribution is 5.40. The lowest BCUT2D eigenvalue weighted by molar-refractivity contribution is 0.317. The molecule has 1 aliphatic rings. The van der Waals surface area contributed by atoms with Crippen molar-refractivity contribution in [3.05, 3.63) is 65.2 Å². The van der Waals surface area contributed by atoms with Crippen molar-refractivity contribution in [1.29, 1.82) is 0 Å². The topological polar surface area (TPSA) is 21.3 Å². The molecule has 0 fully saturated rings. The van der Waals surface area contributed by atoms with Gasteiger partial charge in [-0.2, -0.15) is 0 Å². The summed E-state index contributed by atoms with van der Waals surface area (Å²) < 4.78 is 5.83. The zero-order chi connectivity index (χ0) is 14.7. The van der Waals surface area contributed by atoms with Crippen LogP contribution in [0.3, 0.4) is 0 Å². The van der Waals surface area contributed by atoms with E-state index in [0.717, 1.165) is 25.3 Å². The van der Waals surface area contributed by atoms with E-state index in [1.54, 1.807) is 0 Å². The Balaban J connectivity index is 1.80. The minimum atomic E-state index is 0.500. The second-order valence-corrected chi connectivity index (χ2v) is 5.95. The molecule has 2 aromatic rings. The molecule has 1 N–H and O–H groups in total. The molecule has 0 aromatic heterocycles. The van der Waals surface area contributed by atoms with Crippen LogP contribution in [0.2, 0.25) is 0 Å². The largest absolute Gasteiger partial charge is 0.493 e. The van der Waals surface area contributed by atoms with E-state index < -0.39 is 0 Å². The quantitative estimate of drug-likeness (QED) is 0.898. The van der Waals surface area contributed by atoms with Gasteiger partial charge in [-0.05, 0) is 37.9 Å². The predicted octanol–water partition coefficient (Wildman–Crippen LogP) is 3.86. The summed E-state index contributed by atoms with van der Waals surface area (Å²) in [6.45, 7) is 3.97. The number of para-hydroxylation sites is 1. The zero-order valence-electron chi connectivity index (χ0n) is 12.8. The van der Waals surface area contributed by atoms with Gasteiger partial charge in [0.1, 0.15) is 5.75 Å². The van der Waals surface area contributed by atoms with E-state index in [1.807, 2.05) is 13.1 Å². The SMILES string of the molecule is CNCC(CC1COc2ccccc21)c1cccc(C)c1. The van der Waals surface area contributed by atoms with Gasteiger partial charge < -0.3 is 10.1 Å². The van der Waals surface area contributed by atoms with E-state index in [0.29, 0.717) is 11.8 Å². The molecule has 2 atom stereocenters. The van der Waals surface area contributed by atoms with E-state index >= 15 is 0 Å². The molecule has 0 saturated carbocycles. The lowest BCUT2D eigenvalue weighted by Crippen LogP contribution is -2.20. The minimum absolute atomic E-state index is 0.500. The molecule has 1 heterocycles. The standard InChI is InChI=1S/C19H23NO/c1-14-6-5-7-15(10-14)16(12-20-2)11-17-13-21-19-9-4-3-8-18(17)19/h3-10,16-17,20H,11-13H2,1-2H3. The molecular weight excluding hydrogens is 258 g/mol. The Kier molecular flexibility index (Phi) is 4.26. The molecule has 1 aliphatic heterocycles. The van der Waals surface area contributed by atoms with Crippen LogP contribution in [-0.2, 0) is 0 Å². The Morgan fingerprint density at radius 1 is 1.19 bits per heavy atom. The van der Waals surface area contributed by atoms with Crippen molar-refractivity contribution < 1.29 is 4.74 Å². The third-order valence-corrected chi connectivity index (χ3v) is 4.33. The molecule has 2 heteroatoms. The first-order valence-corrected chi connectivity index (χ1v) is 7.71.